The van der Waals surface area contributed by atoms with Crippen LogP contribution in [-0.4, -0.2) is 61.5 Å². The molecule has 2 aromatic rings. The lowest BCUT2D eigenvalue weighted by atomic mass is 9.91. The first-order chi connectivity index (χ1) is 15.9. The normalized spacial score (nSPS) is 21.2. The highest BCUT2D eigenvalue weighted by molar-refractivity contribution is 7.15. The summed E-state index contributed by atoms with van der Waals surface area (Å²) in [5, 5.41) is 11.7. The molecule has 4 heterocycles. The number of benzene rings is 1. The molecule has 4 amide bonds. The molecule has 0 saturated carbocycles. The largest absolute Gasteiger partial charge is 0.317 e. The smallest absolute Gasteiger partial charge is 0.261 e. The SMILES string of the molecule is CC1(C(=O)Nc2nnc(CCN3C(=O)c4ccccc4C3=O)s2)CC(=O)N=C2C=CC=CN21. The van der Waals surface area contributed by atoms with Crippen molar-refractivity contribution in [3.8, 4) is 0 Å². The molecule has 1 atom stereocenters. The van der Waals surface area contributed by atoms with Crippen LogP contribution in [0.3, 0.4) is 0 Å². The Bertz CT molecular complexity index is 1260. The Morgan fingerprint density at radius 2 is 1.85 bits per heavy atom. The molecular formula is C22H18N6O4S. The van der Waals surface area contributed by atoms with Gasteiger partial charge in [-0.1, -0.05) is 29.5 Å². The number of carbonyl (C=O) groups is 4. The molecule has 0 spiro atoms. The minimum absolute atomic E-state index is 0.0775. The molecule has 1 aromatic heterocycles. The van der Waals surface area contributed by atoms with Crippen LogP contribution in [0.4, 0.5) is 5.13 Å². The number of aromatic nitrogens is 2. The molecule has 0 saturated heterocycles. The second-order valence-electron chi connectivity index (χ2n) is 7.90. The Hall–Kier alpha value is -3.99. The molecule has 0 aliphatic carbocycles. The molecule has 0 radical (unpaired) electrons. The molecule has 0 bridgehead atoms. The fraction of sp³-hybridized carbons (Fsp3) is 0.227. The number of anilines is 1. The van der Waals surface area contributed by atoms with Crippen LogP contribution in [0.2, 0.25) is 0 Å². The van der Waals surface area contributed by atoms with Gasteiger partial charge in [0.2, 0.25) is 5.13 Å². The van der Waals surface area contributed by atoms with Gasteiger partial charge >= 0.3 is 0 Å². The highest BCUT2D eigenvalue weighted by Crippen LogP contribution is 2.30. The third kappa shape index (κ3) is 3.55. The van der Waals surface area contributed by atoms with Crippen molar-refractivity contribution in [1.82, 2.24) is 20.0 Å². The van der Waals surface area contributed by atoms with E-state index in [-0.39, 0.29) is 35.8 Å². The van der Waals surface area contributed by atoms with Gasteiger partial charge in [-0.3, -0.25) is 29.4 Å². The summed E-state index contributed by atoms with van der Waals surface area (Å²) in [4.78, 5) is 57.0. The van der Waals surface area contributed by atoms with Gasteiger partial charge in [-0.15, -0.1) is 10.2 Å². The van der Waals surface area contributed by atoms with Gasteiger partial charge in [0.15, 0.2) is 0 Å². The number of hydrogen-bond acceptors (Lipinski definition) is 8. The van der Waals surface area contributed by atoms with Gasteiger partial charge in [-0.25, -0.2) is 0 Å². The number of fused-ring (bicyclic) bond motifs is 2. The first-order valence-corrected chi connectivity index (χ1v) is 11.0. The van der Waals surface area contributed by atoms with Crippen molar-refractivity contribution >= 4 is 45.9 Å². The highest BCUT2D eigenvalue weighted by atomic mass is 32.1. The number of amides is 4. The molecule has 166 valence electrons. The van der Waals surface area contributed by atoms with E-state index in [0.29, 0.717) is 28.4 Å². The van der Waals surface area contributed by atoms with Crippen molar-refractivity contribution in [2.45, 2.75) is 25.3 Å². The van der Waals surface area contributed by atoms with Crippen LogP contribution in [0.25, 0.3) is 0 Å². The Morgan fingerprint density at radius 1 is 1.12 bits per heavy atom. The van der Waals surface area contributed by atoms with Crippen LogP contribution < -0.4 is 5.32 Å². The number of rotatable bonds is 5. The third-order valence-corrected chi connectivity index (χ3v) is 6.61. The first kappa shape index (κ1) is 20.9. The van der Waals surface area contributed by atoms with E-state index in [1.807, 2.05) is 0 Å². The minimum atomic E-state index is -1.17. The van der Waals surface area contributed by atoms with Gasteiger partial charge in [0.1, 0.15) is 16.4 Å². The summed E-state index contributed by atoms with van der Waals surface area (Å²) >= 11 is 1.15. The molecule has 1 unspecified atom stereocenters. The number of amidine groups is 1. The maximum Gasteiger partial charge on any atom is 0.261 e. The van der Waals surface area contributed by atoms with E-state index in [1.165, 1.54) is 4.90 Å². The van der Waals surface area contributed by atoms with E-state index >= 15 is 0 Å². The fourth-order valence-corrected chi connectivity index (χ4v) is 4.69. The number of nitrogens with zero attached hydrogens (tertiary/aromatic N) is 5. The summed E-state index contributed by atoms with van der Waals surface area (Å²) in [7, 11) is 0. The van der Waals surface area contributed by atoms with E-state index < -0.39 is 11.4 Å². The van der Waals surface area contributed by atoms with Gasteiger partial charge in [0.05, 0.1) is 17.5 Å². The van der Waals surface area contributed by atoms with Crippen LogP contribution in [0.5, 0.6) is 0 Å². The van der Waals surface area contributed by atoms with E-state index in [1.54, 1.807) is 60.5 Å². The monoisotopic (exact) mass is 462 g/mol. The van der Waals surface area contributed by atoms with Crippen molar-refractivity contribution in [3.63, 3.8) is 0 Å². The third-order valence-electron chi connectivity index (χ3n) is 5.71. The number of imide groups is 1. The fourth-order valence-electron chi connectivity index (χ4n) is 3.97. The summed E-state index contributed by atoms with van der Waals surface area (Å²) in [6, 6.07) is 6.71. The Balaban J connectivity index is 1.25. The maximum atomic E-state index is 13.1. The molecule has 3 aliphatic heterocycles. The second-order valence-corrected chi connectivity index (χ2v) is 8.96. The van der Waals surface area contributed by atoms with Crippen LogP contribution >= 0.6 is 11.3 Å². The lowest BCUT2D eigenvalue weighted by Gasteiger charge is -2.41. The summed E-state index contributed by atoms with van der Waals surface area (Å²) in [6.07, 6.45) is 7.13. The molecule has 0 fully saturated rings. The maximum absolute atomic E-state index is 13.1. The first-order valence-electron chi connectivity index (χ1n) is 10.2. The summed E-state index contributed by atoms with van der Waals surface area (Å²) < 4.78 is 0. The van der Waals surface area contributed by atoms with Crippen LogP contribution in [-0.2, 0) is 16.0 Å². The molecule has 11 heteroatoms. The quantitative estimate of drug-likeness (QED) is 0.672. The molecule has 1 N–H and O–H groups in total. The lowest BCUT2D eigenvalue weighted by Crippen LogP contribution is -2.58. The van der Waals surface area contributed by atoms with Crippen LogP contribution in [0, 0.1) is 0 Å². The van der Waals surface area contributed by atoms with Crippen molar-refractivity contribution < 1.29 is 19.2 Å². The molecule has 33 heavy (non-hydrogen) atoms. The average molecular weight is 462 g/mol. The number of carbonyl (C=O) groups excluding carboxylic acids is 4. The zero-order valence-electron chi connectivity index (χ0n) is 17.5. The van der Waals surface area contributed by atoms with Gasteiger partial charge in [0.25, 0.3) is 23.6 Å². The van der Waals surface area contributed by atoms with Crippen molar-refractivity contribution in [3.05, 3.63) is 64.8 Å². The molecule has 10 nitrogen and oxygen atoms in total. The standard InChI is InChI=1S/C22H18N6O4S/c1-22(12-16(29)23-15-8-4-5-10-28(15)22)20(32)24-21-26-25-17(33-21)9-11-27-18(30)13-6-2-3-7-14(13)19(27)31/h2-8,10H,9,11-12H2,1H3,(H,24,26,32). The van der Waals surface area contributed by atoms with Crippen molar-refractivity contribution in [2.24, 2.45) is 4.99 Å². The van der Waals surface area contributed by atoms with Crippen molar-refractivity contribution in [2.75, 3.05) is 11.9 Å². The van der Waals surface area contributed by atoms with Gasteiger partial charge < -0.3 is 4.90 Å². The average Bonchev–Trinajstić information content (AvgIpc) is 3.34. The van der Waals surface area contributed by atoms with Gasteiger partial charge in [0, 0.05) is 19.2 Å². The van der Waals surface area contributed by atoms with Crippen molar-refractivity contribution in [1.29, 1.82) is 0 Å². The van der Waals surface area contributed by atoms with E-state index in [0.717, 1.165) is 11.3 Å². The lowest BCUT2D eigenvalue weighted by molar-refractivity contribution is -0.130. The van der Waals surface area contributed by atoms with E-state index in [4.69, 9.17) is 0 Å². The summed E-state index contributed by atoms with van der Waals surface area (Å²) in [5.74, 6) is -1.04. The Labute approximate surface area is 192 Å². The number of hydrogen-bond donors (Lipinski definition) is 1. The van der Waals surface area contributed by atoms with E-state index in [9.17, 15) is 19.2 Å². The van der Waals surface area contributed by atoms with Crippen LogP contribution in [0.1, 0.15) is 39.1 Å². The number of allylic oxidation sites excluding steroid dienone is 2. The van der Waals surface area contributed by atoms with Crippen LogP contribution in [0.15, 0.2) is 53.7 Å². The summed E-state index contributed by atoms with van der Waals surface area (Å²) in [5.41, 5.74) is -0.374. The number of nitrogens with one attached hydrogen (secondary N) is 1. The Morgan fingerprint density at radius 3 is 2.58 bits per heavy atom. The second kappa shape index (κ2) is 7.85. The minimum Gasteiger partial charge on any atom is -0.317 e. The van der Waals surface area contributed by atoms with E-state index in [2.05, 4.69) is 20.5 Å². The molecule has 5 rings (SSSR count). The zero-order chi connectivity index (χ0) is 23.2. The highest BCUT2D eigenvalue weighted by Gasteiger charge is 2.45. The summed E-state index contributed by atoms with van der Waals surface area (Å²) in [6.45, 7) is 1.83. The topological polar surface area (TPSA) is 125 Å². The molecule has 1 aromatic carbocycles. The van der Waals surface area contributed by atoms with Gasteiger partial charge in [-0.2, -0.15) is 4.99 Å². The molecular weight excluding hydrogens is 444 g/mol. The Kier molecular flexibility index (Phi) is 4.97. The predicted octanol–water partition coefficient (Wildman–Crippen LogP) is 1.79. The number of aliphatic imine (C=N–C) groups is 1. The van der Waals surface area contributed by atoms with Gasteiger partial charge in [-0.05, 0) is 31.2 Å². The molecule has 3 aliphatic rings. The zero-order valence-corrected chi connectivity index (χ0v) is 18.3. The predicted molar refractivity (Wildman–Crippen MR) is 120 cm³/mol.